The van der Waals surface area contributed by atoms with Crippen molar-refractivity contribution < 1.29 is 18.3 Å². The van der Waals surface area contributed by atoms with Crippen molar-refractivity contribution in [2.75, 3.05) is 19.0 Å². The van der Waals surface area contributed by atoms with Crippen molar-refractivity contribution in [2.24, 2.45) is 0 Å². The molecule has 0 saturated heterocycles. The van der Waals surface area contributed by atoms with E-state index in [1.54, 1.807) is 7.05 Å². The molecule has 1 unspecified atom stereocenters. The normalized spacial score (nSPS) is 15.8. The van der Waals surface area contributed by atoms with Crippen LogP contribution in [0.4, 0.5) is 19.3 Å². The van der Waals surface area contributed by atoms with Crippen LogP contribution in [0.25, 0.3) is 10.8 Å². The molecule has 2 heterocycles. The first-order chi connectivity index (χ1) is 13.8. The highest BCUT2D eigenvalue weighted by molar-refractivity contribution is 6.31. The number of carbonyl (C=O) groups excluding carboxylic acids is 1. The average molecular weight is 420 g/mol. The van der Waals surface area contributed by atoms with Gasteiger partial charge >= 0.3 is 6.03 Å². The molecule has 6 nitrogen and oxygen atoms in total. The number of hydrogen-bond acceptors (Lipinski definition) is 3. The van der Waals surface area contributed by atoms with Crippen LogP contribution in [0.15, 0.2) is 41.2 Å². The molecule has 4 rings (SSSR count). The van der Waals surface area contributed by atoms with Crippen LogP contribution in [0.3, 0.4) is 0 Å². The number of urea groups is 1. The Hall–Kier alpha value is -2.97. The van der Waals surface area contributed by atoms with E-state index in [2.05, 4.69) is 10.3 Å². The number of halogens is 3. The van der Waals surface area contributed by atoms with Crippen LogP contribution < -0.4 is 10.9 Å². The quantitative estimate of drug-likeness (QED) is 0.654. The van der Waals surface area contributed by atoms with Crippen molar-refractivity contribution in [3.05, 3.63) is 74.7 Å². The molecule has 0 fully saturated rings. The van der Waals surface area contributed by atoms with Gasteiger partial charge in [-0.3, -0.25) is 4.79 Å². The van der Waals surface area contributed by atoms with Gasteiger partial charge in [0.1, 0.15) is 11.6 Å². The number of hydrogen-bond donors (Lipinski definition) is 2. The summed E-state index contributed by atoms with van der Waals surface area (Å²) in [4.78, 5) is 29.2. The first-order valence-corrected chi connectivity index (χ1v) is 9.14. The molecule has 1 aliphatic heterocycles. The number of ether oxygens (including phenoxy) is 1. The number of anilines is 1. The van der Waals surface area contributed by atoms with Crippen molar-refractivity contribution in [1.82, 2.24) is 9.88 Å². The second-order valence-electron chi connectivity index (χ2n) is 6.74. The second-order valence-corrected chi connectivity index (χ2v) is 7.14. The summed E-state index contributed by atoms with van der Waals surface area (Å²) >= 11 is 5.76. The fourth-order valence-corrected chi connectivity index (χ4v) is 3.64. The van der Waals surface area contributed by atoms with Crippen LogP contribution in [0.5, 0.6) is 0 Å². The average Bonchev–Trinajstić information content (AvgIpc) is 2.69. The number of fused-ring (bicyclic) bond motifs is 3. The number of aromatic nitrogens is 1. The molecule has 9 heteroatoms. The van der Waals surface area contributed by atoms with Crippen molar-refractivity contribution in [2.45, 2.75) is 12.6 Å². The molecular formula is C20H16ClF2N3O3. The molecule has 2 aromatic carbocycles. The molecule has 0 aliphatic carbocycles. The van der Waals surface area contributed by atoms with Crippen molar-refractivity contribution >= 4 is 34.1 Å². The maximum Gasteiger partial charge on any atom is 0.322 e. The standard InChI is InChI=1S/C20H16ClF2N3O3/c1-26(20(28)24-11-3-5-15(23)14(21)7-11)17-9-29-8-16-18(17)13-6-10(22)2-4-12(13)19(27)25-16/h2-7,17H,8-9H2,1H3,(H,24,28)(H,25,27). The van der Waals surface area contributed by atoms with Gasteiger partial charge in [-0.1, -0.05) is 11.6 Å². The number of amides is 2. The molecule has 2 N–H and O–H groups in total. The third kappa shape index (κ3) is 3.56. The van der Waals surface area contributed by atoms with Gasteiger partial charge in [-0.25, -0.2) is 13.6 Å². The zero-order chi connectivity index (χ0) is 20.7. The van der Waals surface area contributed by atoms with E-state index in [9.17, 15) is 18.4 Å². The van der Waals surface area contributed by atoms with E-state index < -0.39 is 23.7 Å². The fraction of sp³-hybridized carbons (Fsp3) is 0.200. The van der Waals surface area contributed by atoms with Crippen LogP contribution in [-0.4, -0.2) is 29.6 Å². The van der Waals surface area contributed by atoms with E-state index in [1.807, 2.05) is 0 Å². The first kappa shape index (κ1) is 19.4. The molecule has 0 radical (unpaired) electrons. The molecule has 0 spiro atoms. The number of benzene rings is 2. The maximum atomic E-state index is 13.9. The van der Waals surface area contributed by atoms with Crippen LogP contribution >= 0.6 is 11.6 Å². The lowest BCUT2D eigenvalue weighted by atomic mass is 9.96. The molecule has 2 amide bonds. The summed E-state index contributed by atoms with van der Waals surface area (Å²) in [6.45, 7) is 0.315. The van der Waals surface area contributed by atoms with Crippen molar-refractivity contribution in [1.29, 1.82) is 0 Å². The number of nitrogens with one attached hydrogen (secondary N) is 2. The predicted molar refractivity (Wildman–Crippen MR) is 105 cm³/mol. The van der Waals surface area contributed by atoms with Crippen LogP contribution in [0.2, 0.25) is 5.02 Å². The van der Waals surface area contributed by atoms with Gasteiger partial charge in [0.05, 0.1) is 24.3 Å². The number of H-pyrrole nitrogens is 1. The lowest BCUT2D eigenvalue weighted by Crippen LogP contribution is -2.39. The molecular weight excluding hydrogens is 404 g/mol. The SMILES string of the molecule is CN(C(=O)Nc1ccc(F)c(Cl)c1)C1COCc2[nH]c(=O)c3ccc(F)cc3c21. The van der Waals surface area contributed by atoms with E-state index in [1.165, 1.54) is 35.2 Å². The molecule has 29 heavy (non-hydrogen) atoms. The Balaban J connectivity index is 1.71. The van der Waals surface area contributed by atoms with E-state index in [4.69, 9.17) is 16.3 Å². The van der Waals surface area contributed by atoms with Gasteiger partial charge < -0.3 is 19.9 Å². The highest BCUT2D eigenvalue weighted by atomic mass is 35.5. The van der Waals surface area contributed by atoms with Crippen LogP contribution in [-0.2, 0) is 11.3 Å². The molecule has 3 aromatic rings. The number of likely N-dealkylation sites (N-methyl/N-ethyl adjacent to an activating group) is 1. The summed E-state index contributed by atoms with van der Waals surface area (Å²) in [6, 6.07) is 6.69. The van der Waals surface area contributed by atoms with Gasteiger partial charge in [0.15, 0.2) is 0 Å². The minimum absolute atomic E-state index is 0.115. The largest absolute Gasteiger partial charge is 0.373 e. The lowest BCUT2D eigenvalue weighted by Gasteiger charge is -2.33. The molecule has 150 valence electrons. The minimum atomic E-state index is -0.593. The Morgan fingerprint density at radius 1 is 1.24 bits per heavy atom. The Bertz CT molecular complexity index is 1180. The number of nitrogens with zero attached hydrogens (tertiary/aromatic N) is 1. The summed E-state index contributed by atoms with van der Waals surface area (Å²) in [7, 11) is 1.56. The zero-order valence-electron chi connectivity index (χ0n) is 15.3. The molecule has 1 atom stereocenters. The molecule has 0 bridgehead atoms. The Labute approximate surface area is 169 Å². The van der Waals surface area contributed by atoms with Crippen molar-refractivity contribution in [3.63, 3.8) is 0 Å². The Kier molecular flexibility index (Phi) is 4.97. The zero-order valence-corrected chi connectivity index (χ0v) is 16.0. The third-order valence-corrected chi connectivity index (χ3v) is 5.21. The maximum absolute atomic E-state index is 13.9. The van der Waals surface area contributed by atoms with E-state index in [-0.39, 0.29) is 23.8 Å². The van der Waals surface area contributed by atoms with E-state index in [0.717, 1.165) is 6.07 Å². The summed E-state index contributed by atoms with van der Waals surface area (Å²) in [5.41, 5.74) is 1.09. The van der Waals surface area contributed by atoms with Crippen LogP contribution in [0.1, 0.15) is 17.3 Å². The van der Waals surface area contributed by atoms with Gasteiger partial charge in [0.25, 0.3) is 5.56 Å². The monoisotopic (exact) mass is 419 g/mol. The van der Waals surface area contributed by atoms with Gasteiger partial charge in [0, 0.05) is 29.4 Å². The number of carbonyl (C=O) groups is 1. The third-order valence-electron chi connectivity index (χ3n) is 4.92. The minimum Gasteiger partial charge on any atom is -0.373 e. The topological polar surface area (TPSA) is 74.4 Å². The first-order valence-electron chi connectivity index (χ1n) is 8.76. The molecule has 1 aliphatic rings. The lowest BCUT2D eigenvalue weighted by molar-refractivity contribution is 0.0527. The molecule has 0 saturated carbocycles. The Morgan fingerprint density at radius 2 is 2.03 bits per heavy atom. The van der Waals surface area contributed by atoms with Crippen LogP contribution in [0, 0.1) is 11.6 Å². The fourth-order valence-electron chi connectivity index (χ4n) is 3.45. The van der Waals surface area contributed by atoms with E-state index >= 15 is 0 Å². The van der Waals surface area contributed by atoms with Gasteiger partial charge in [-0.2, -0.15) is 0 Å². The predicted octanol–water partition coefficient (Wildman–Crippen LogP) is 4.19. The smallest absolute Gasteiger partial charge is 0.322 e. The summed E-state index contributed by atoms with van der Waals surface area (Å²) in [6.07, 6.45) is 0. The van der Waals surface area contributed by atoms with Gasteiger partial charge in [-0.15, -0.1) is 0 Å². The number of pyridine rings is 1. The highest BCUT2D eigenvalue weighted by Crippen LogP contribution is 2.33. The second kappa shape index (κ2) is 7.46. The van der Waals surface area contributed by atoms with E-state index in [0.29, 0.717) is 27.7 Å². The van der Waals surface area contributed by atoms with Crippen molar-refractivity contribution in [3.8, 4) is 0 Å². The number of rotatable bonds is 2. The summed E-state index contributed by atoms with van der Waals surface area (Å²) < 4.78 is 32.8. The summed E-state index contributed by atoms with van der Waals surface area (Å²) in [5, 5.41) is 3.29. The van der Waals surface area contributed by atoms with Gasteiger partial charge in [0.2, 0.25) is 0 Å². The van der Waals surface area contributed by atoms with Gasteiger partial charge in [-0.05, 0) is 41.8 Å². The summed E-state index contributed by atoms with van der Waals surface area (Å²) in [5.74, 6) is -1.08. The molecule has 1 aromatic heterocycles. The number of aromatic amines is 1. The Morgan fingerprint density at radius 3 is 2.79 bits per heavy atom. The highest BCUT2D eigenvalue weighted by Gasteiger charge is 2.30.